The molecule has 0 aliphatic rings. The molecule has 2 amide bonds. The number of nitrogens with zero attached hydrogens (tertiary/aromatic N) is 3. The number of carbonyl (C=O) groups excluding carboxylic acids is 2. The predicted octanol–water partition coefficient (Wildman–Crippen LogP) is 3.22. The van der Waals surface area contributed by atoms with Crippen LogP contribution in [0.1, 0.15) is 25.0 Å². The largest absolute Gasteiger partial charge is 0.490 e. The van der Waals surface area contributed by atoms with Crippen LogP contribution in [0, 0.1) is 5.92 Å². The molecule has 1 atom stereocenters. The quantitative estimate of drug-likeness (QED) is 0.242. The molecular weight excluding hydrogens is 559 g/mol. The molecule has 5 N–H and O–H groups in total. The van der Waals surface area contributed by atoms with E-state index in [0.717, 1.165) is 23.3 Å². The van der Waals surface area contributed by atoms with E-state index in [1.807, 2.05) is 0 Å². The van der Waals surface area contributed by atoms with Gasteiger partial charge in [-0.3, -0.25) is 20.4 Å². The number of benzene rings is 1. The highest BCUT2D eigenvalue weighted by atomic mass is 19.4. The third kappa shape index (κ3) is 10.6. The molecule has 2 aromatic rings. The van der Waals surface area contributed by atoms with Crippen LogP contribution in [-0.2, 0) is 26.7 Å². The Hall–Kier alpha value is -4.16. The van der Waals surface area contributed by atoms with Crippen LogP contribution in [0.4, 0.5) is 39.5 Å². The van der Waals surface area contributed by atoms with Crippen LogP contribution in [0.25, 0.3) is 17.6 Å². The number of carboxylic acids is 1. The Morgan fingerprint density at radius 1 is 0.949 bits per heavy atom. The molecule has 0 saturated heterocycles. The molecule has 19 heteroatoms. The zero-order valence-electron chi connectivity index (χ0n) is 19.6. The van der Waals surface area contributed by atoms with Crippen molar-refractivity contribution in [1.29, 1.82) is 0 Å². The molecule has 2 rings (SSSR count). The zero-order valence-corrected chi connectivity index (χ0v) is 19.6. The highest BCUT2D eigenvalue weighted by molar-refractivity contribution is 5.92. The smallest absolute Gasteiger partial charge is 0.475 e. The maximum atomic E-state index is 13.0. The van der Waals surface area contributed by atoms with Gasteiger partial charge in [0, 0.05) is 17.8 Å². The van der Waals surface area contributed by atoms with Gasteiger partial charge in [0.1, 0.15) is 6.33 Å². The number of hydrogen-bond donors (Lipinski definition) is 4. The molecule has 1 aromatic carbocycles. The van der Waals surface area contributed by atoms with Crippen LogP contribution in [-0.4, -0.2) is 49.9 Å². The standard InChI is InChI=1S/C18H18F6N6O2.C2HF3O2/c1-9(2)14(25)16(32)28-27-13(31)3-4-30-8-26-15(29-30)10-5-11(17(19,20)21)7-12(6-10)18(22,23)24;3-2(4,5)1(6)7/h3-9,14H,25H2,1-2H3,(H,27,31)(H,28,32);(H,6,7)/b4-3-;/t14-;/m1./s1. The Morgan fingerprint density at radius 3 is 1.85 bits per heavy atom. The van der Waals surface area contributed by atoms with Crippen LogP contribution < -0.4 is 16.6 Å². The van der Waals surface area contributed by atoms with E-state index < -0.39 is 64.9 Å². The van der Waals surface area contributed by atoms with Crippen molar-refractivity contribution in [2.75, 3.05) is 0 Å². The third-order valence-electron chi connectivity index (χ3n) is 4.31. The minimum absolute atomic E-state index is 0.00971. The highest BCUT2D eigenvalue weighted by Gasteiger charge is 2.38. The van der Waals surface area contributed by atoms with Crippen LogP contribution in [0.3, 0.4) is 0 Å². The number of nitrogens with two attached hydrogens (primary N) is 1. The first-order valence-electron chi connectivity index (χ1n) is 10.2. The first-order chi connectivity index (χ1) is 17.6. The van der Waals surface area contributed by atoms with Gasteiger partial charge in [0.05, 0.1) is 17.2 Å². The minimum atomic E-state index is -5.08. The van der Waals surface area contributed by atoms with Gasteiger partial charge in [0.2, 0.25) is 0 Å². The number of hydrogen-bond acceptors (Lipinski definition) is 6. The number of halogens is 9. The average molecular weight is 578 g/mol. The lowest BCUT2D eigenvalue weighted by Crippen LogP contribution is -2.50. The van der Waals surface area contributed by atoms with E-state index in [2.05, 4.69) is 20.9 Å². The number of aromatic nitrogens is 3. The van der Waals surface area contributed by atoms with Crippen molar-refractivity contribution in [2.45, 2.75) is 38.4 Å². The lowest BCUT2D eigenvalue weighted by molar-refractivity contribution is -0.192. The van der Waals surface area contributed by atoms with Gasteiger partial charge in [-0.1, -0.05) is 13.8 Å². The van der Waals surface area contributed by atoms with Crippen molar-refractivity contribution in [1.82, 2.24) is 25.6 Å². The lowest BCUT2D eigenvalue weighted by atomic mass is 10.0. The summed E-state index contributed by atoms with van der Waals surface area (Å²) >= 11 is 0. The minimum Gasteiger partial charge on any atom is -0.475 e. The summed E-state index contributed by atoms with van der Waals surface area (Å²) in [5, 5.41) is 10.9. The maximum Gasteiger partial charge on any atom is 0.490 e. The predicted molar refractivity (Wildman–Crippen MR) is 114 cm³/mol. The van der Waals surface area contributed by atoms with Crippen LogP contribution >= 0.6 is 0 Å². The van der Waals surface area contributed by atoms with Crippen molar-refractivity contribution in [3.05, 3.63) is 41.7 Å². The van der Waals surface area contributed by atoms with Gasteiger partial charge in [-0.25, -0.2) is 14.5 Å². The molecule has 0 spiro atoms. The topological polar surface area (TPSA) is 152 Å². The lowest BCUT2D eigenvalue weighted by Gasteiger charge is -2.14. The van der Waals surface area contributed by atoms with Gasteiger partial charge in [-0.05, 0) is 24.1 Å². The summed E-state index contributed by atoms with van der Waals surface area (Å²) in [7, 11) is 0. The van der Waals surface area contributed by atoms with Crippen molar-refractivity contribution in [2.24, 2.45) is 11.7 Å². The molecule has 0 bridgehead atoms. The van der Waals surface area contributed by atoms with Crippen molar-refractivity contribution in [3.8, 4) is 11.4 Å². The number of nitrogens with one attached hydrogen (secondary N) is 2. The molecule has 1 aromatic heterocycles. The molecule has 0 radical (unpaired) electrons. The fourth-order valence-corrected chi connectivity index (χ4v) is 2.26. The van der Waals surface area contributed by atoms with Gasteiger partial charge in [0.25, 0.3) is 11.8 Å². The second kappa shape index (κ2) is 12.6. The summed E-state index contributed by atoms with van der Waals surface area (Å²) in [6.45, 7) is 3.41. The van der Waals surface area contributed by atoms with Gasteiger partial charge in [-0.15, -0.1) is 5.10 Å². The molecule has 1 heterocycles. The second-order valence-electron chi connectivity index (χ2n) is 7.71. The van der Waals surface area contributed by atoms with Gasteiger partial charge >= 0.3 is 24.5 Å². The van der Waals surface area contributed by atoms with E-state index in [1.165, 1.54) is 0 Å². The number of rotatable bonds is 5. The fourth-order valence-electron chi connectivity index (χ4n) is 2.26. The van der Waals surface area contributed by atoms with Crippen molar-refractivity contribution < 1.29 is 59.0 Å². The summed E-state index contributed by atoms with van der Waals surface area (Å²) in [6, 6.07) is 0.105. The van der Waals surface area contributed by atoms with Crippen LogP contribution in [0.5, 0.6) is 0 Å². The van der Waals surface area contributed by atoms with Crippen LogP contribution in [0.15, 0.2) is 30.6 Å². The summed E-state index contributed by atoms with van der Waals surface area (Å²) in [4.78, 5) is 36.0. The molecule has 39 heavy (non-hydrogen) atoms. The average Bonchev–Trinajstić information content (AvgIpc) is 3.28. The third-order valence-corrected chi connectivity index (χ3v) is 4.31. The molecule has 0 fully saturated rings. The molecule has 216 valence electrons. The molecular formula is C20H19F9N6O4. The Balaban J connectivity index is 0.000000956. The first kappa shape index (κ1) is 32.9. The summed E-state index contributed by atoms with van der Waals surface area (Å²) < 4.78 is 111. The maximum absolute atomic E-state index is 13.0. The van der Waals surface area contributed by atoms with Crippen molar-refractivity contribution in [3.63, 3.8) is 0 Å². The number of carbonyl (C=O) groups is 3. The summed E-state index contributed by atoms with van der Waals surface area (Å²) in [5.74, 6) is -4.79. The molecule has 0 unspecified atom stereocenters. The number of hydrazine groups is 1. The van der Waals surface area contributed by atoms with E-state index in [1.54, 1.807) is 13.8 Å². The van der Waals surface area contributed by atoms with Gasteiger partial charge < -0.3 is 10.8 Å². The number of aliphatic carboxylic acids is 1. The number of carboxylic acid groups (broad SMARTS) is 1. The van der Waals surface area contributed by atoms with E-state index in [4.69, 9.17) is 15.6 Å². The van der Waals surface area contributed by atoms with Crippen molar-refractivity contribution >= 4 is 24.0 Å². The Kier molecular flexibility index (Phi) is 10.6. The van der Waals surface area contributed by atoms with Crippen LogP contribution in [0.2, 0.25) is 0 Å². The van der Waals surface area contributed by atoms with Gasteiger partial charge in [0.15, 0.2) is 5.82 Å². The Morgan fingerprint density at radius 2 is 1.44 bits per heavy atom. The number of amides is 2. The van der Waals surface area contributed by atoms with E-state index in [9.17, 15) is 49.1 Å². The van der Waals surface area contributed by atoms with E-state index in [-0.39, 0.29) is 12.0 Å². The molecule has 10 nitrogen and oxygen atoms in total. The summed E-state index contributed by atoms with van der Waals surface area (Å²) in [6.07, 6.45) is -12.2. The summed E-state index contributed by atoms with van der Waals surface area (Å²) in [5.41, 5.74) is 6.22. The SMILES string of the molecule is CC(C)[C@@H](N)C(=O)NNC(=O)/C=C\n1cnc(-c2cc(C(F)(F)F)cc(C(F)(F)F)c2)n1.O=C(O)C(F)(F)F. The molecule has 0 aliphatic carbocycles. The van der Waals surface area contributed by atoms with E-state index >= 15 is 0 Å². The first-order valence-corrected chi connectivity index (χ1v) is 10.2. The van der Waals surface area contributed by atoms with Gasteiger partial charge in [-0.2, -0.15) is 39.5 Å². The highest BCUT2D eigenvalue weighted by Crippen LogP contribution is 2.38. The Bertz CT molecular complexity index is 1170. The fraction of sp³-hybridized carbons (Fsp3) is 0.350. The number of alkyl halides is 9. The monoisotopic (exact) mass is 578 g/mol. The zero-order chi connectivity index (χ0) is 30.3. The second-order valence-corrected chi connectivity index (χ2v) is 7.71. The van der Waals surface area contributed by atoms with E-state index in [0.29, 0.717) is 12.1 Å². The Labute approximate surface area is 212 Å². The normalized spacial score (nSPS) is 13.1. The molecule has 0 aliphatic heterocycles. The molecule has 0 saturated carbocycles.